The van der Waals surface area contributed by atoms with Crippen molar-refractivity contribution in [2.75, 3.05) is 6.54 Å². The van der Waals surface area contributed by atoms with Crippen LogP contribution in [0.4, 0.5) is 13.2 Å². The normalized spacial score (nSPS) is 17.6. The van der Waals surface area contributed by atoms with Crippen molar-refractivity contribution in [3.63, 3.8) is 0 Å². The van der Waals surface area contributed by atoms with Crippen LogP contribution in [0.15, 0.2) is 60.7 Å². The summed E-state index contributed by atoms with van der Waals surface area (Å²) in [6.45, 7) is 3.40. The fraction of sp³-hybridized carbons (Fsp3) is 0.259. The summed E-state index contributed by atoms with van der Waals surface area (Å²) in [6, 6.07) is 16.3. The zero-order valence-electron chi connectivity index (χ0n) is 19.6. The lowest BCUT2D eigenvalue weighted by Gasteiger charge is -2.21. The molecule has 0 saturated carbocycles. The van der Waals surface area contributed by atoms with Crippen LogP contribution < -0.4 is 10.8 Å². The Balaban J connectivity index is 1.59. The van der Waals surface area contributed by atoms with Crippen LogP contribution in [0.3, 0.4) is 0 Å². The van der Waals surface area contributed by atoms with Crippen LogP contribution in [0.25, 0.3) is 16.5 Å². The number of nitrogens with one attached hydrogen (secondary N) is 2. The molecule has 5 nitrogen and oxygen atoms in total. The van der Waals surface area contributed by atoms with Crippen LogP contribution in [0.5, 0.6) is 0 Å². The quantitative estimate of drug-likeness (QED) is 0.390. The molecule has 0 fully saturated rings. The van der Waals surface area contributed by atoms with E-state index in [4.69, 9.17) is 16.4 Å². The number of fused-ring (bicyclic) bond motifs is 1. The van der Waals surface area contributed by atoms with Gasteiger partial charge in [-0.2, -0.15) is 13.2 Å². The number of Topliss-reactive ketones (excluding diaryl/α,β-unsaturated/α-hetero) is 1. The summed E-state index contributed by atoms with van der Waals surface area (Å²) in [5, 5.41) is 4.44. The maximum Gasteiger partial charge on any atom is 0.389 e. The predicted octanol–water partition coefficient (Wildman–Crippen LogP) is 6.23. The fourth-order valence-electron chi connectivity index (χ4n) is 4.17. The van der Waals surface area contributed by atoms with Gasteiger partial charge in [-0.15, -0.1) is 0 Å². The average Bonchev–Trinajstić information content (AvgIpc) is 3.22. The van der Waals surface area contributed by atoms with E-state index in [0.29, 0.717) is 21.7 Å². The first-order chi connectivity index (χ1) is 16.9. The highest BCUT2D eigenvalue weighted by Crippen LogP contribution is 2.38. The molecule has 4 rings (SSSR count). The van der Waals surface area contributed by atoms with Gasteiger partial charge in [0.25, 0.3) is 5.91 Å². The van der Waals surface area contributed by atoms with E-state index in [0.717, 1.165) is 22.1 Å². The second-order valence-corrected chi connectivity index (χ2v) is 9.37. The summed E-state index contributed by atoms with van der Waals surface area (Å²) in [5.41, 5.74) is 5.91. The van der Waals surface area contributed by atoms with Crippen molar-refractivity contribution in [1.82, 2.24) is 10.8 Å². The number of hydroxylamine groups is 1. The highest BCUT2D eigenvalue weighted by atomic mass is 35.5. The number of benzene rings is 3. The maximum atomic E-state index is 12.8. The first kappa shape index (κ1) is 25.7. The number of amides is 1. The van der Waals surface area contributed by atoms with Crippen molar-refractivity contribution in [1.29, 1.82) is 0 Å². The van der Waals surface area contributed by atoms with Crippen LogP contribution in [-0.4, -0.2) is 24.4 Å². The molecule has 0 radical (unpaired) electrons. The fourth-order valence-corrected chi connectivity index (χ4v) is 4.46. The zero-order valence-corrected chi connectivity index (χ0v) is 20.4. The minimum Gasteiger partial charge on any atom is -0.345 e. The van der Waals surface area contributed by atoms with E-state index in [9.17, 15) is 22.8 Å². The molecule has 0 saturated heterocycles. The molecule has 9 heteroatoms. The second-order valence-electron chi connectivity index (χ2n) is 8.93. The predicted molar refractivity (Wildman–Crippen MR) is 132 cm³/mol. The Morgan fingerprint density at radius 1 is 1.08 bits per heavy atom. The first-order valence-electron chi connectivity index (χ1n) is 11.3. The second kappa shape index (κ2) is 9.95. The minimum absolute atomic E-state index is 0.311. The molecule has 1 heterocycles. The summed E-state index contributed by atoms with van der Waals surface area (Å²) in [5.74, 6) is -1.23. The van der Waals surface area contributed by atoms with Crippen molar-refractivity contribution < 1.29 is 27.6 Å². The standard InChI is InChI=1S/C27H24ClF3N2O3/c1-16-11-17(13-18(28)12-16)26(2)14-24(33-36-26)22-7-8-23(21-6-4-3-5-20(21)22)25(35)32-15-19(34)9-10-27(29,30)31/h3-8,11-14,33H,9-10,15H2,1-2H3,(H,32,35). The number of hydrogen-bond donors (Lipinski definition) is 2. The Bertz CT molecular complexity index is 1350. The smallest absolute Gasteiger partial charge is 0.345 e. The molecule has 1 aliphatic rings. The lowest BCUT2D eigenvalue weighted by Crippen LogP contribution is -2.30. The zero-order chi connectivity index (χ0) is 26.1. The van der Waals surface area contributed by atoms with Crippen molar-refractivity contribution in [2.24, 2.45) is 0 Å². The van der Waals surface area contributed by atoms with Crippen LogP contribution in [-0.2, 0) is 15.2 Å². The Morgan fingerprint density at radius 2 is 1.81 bits per heavy atom. The molecule has 1 amide bonds. The van der Waals surface area contributed by atoms with Gasteiger partial charge in [0, 0.05) is 22.6 Å². The van der Waals surface area contributed by atoms with Crippen molar-refractivity contribution in [2.45, 2.75) is 38.5 Å². The number of carbonyl (C=O) groups excluding carboxylic acids is 2. The minimum atomic E-state index is -4.42. The summed E-state index contributed by atoms with van der Waals surface area (Å²) in [6.07, 6.45) is -4.36. The number of alkyl halides is 3. The summed E-state index contributed by atoms with van der Waals surface area (Å²) >= 11 is 6.25. The van der Waals surface area contributed by atoms with E-state index in [1.807, 2.05) is 50.3 Å². The molecule has 1 aliphatic heterocycles. The summed E-state index contributed by atoms with van der Waals surface area (Å²) in [4.78, 5) is 30.5. The molecule has 3 aromatic rings. The van der Waals surface area contributed by atoms with E-state index in [2.05, 4.69) is 10.8 Å². The molecule has 1 unspecified atom stereocenters. The van der Waals surface area contributed by atoms with E-state index >= 15 is 0 Å². The third kappa shape index (κ3) is 5.71. The van der Waals surface area contributed by atoms with Gasteiger partial charge in [0.05, 0.1) is 18.7 Å². The molecule has 0 spiro atoms. The van der Waals surface area contributed by atoms with Gasteiger partial charge in [0.1, 0.15) is 5.60 Å². The van der Waals surface area contributed by atoms with E-state index in [1.165, 1.54) is 0 Å². The Labute approximate surface area is 211 Å². The molecule has 188 valence electrons. The molecule has 2 N–H and O–H groups in total. The Hall–Kier alpha value is -3.36. The van der Waals surface area contributed by atoms with Gasteiger partial charge in [-0.05, 0) is 60.0 Å². The summed E-state index contributed by atoms with van der Waals surface area (Å²) in [7, 11) is 0. The molecular weight excluding hydrogens is 493 g/mol. The molecule has 0 bridgehead atoms. The van der Waals surface area contributed by atoms with Crippen molar-refractivity contribution in [3.8, 4) is 0 Å². The maximum absolute atomic E-state index is 12.8. The third-order valence-corrected chi connectivity index (χ3v) is 6.22. The van der Waals surface area contributed by atoms with Crippen LogP contribution in [0.2, 0.25) is 5.02 Å². The number of aryl methyl sites for hydroxylation is 1. The van der Waals surface area contributed by atoms with E-state index in [1.54, 1.807) is 24.3 Å². The van der Waals surface area contributed by atoms with Gasteiger partial charge >= 0.3 is 6.18 Å². The van der Waals surface area contributed by atoms with Gasteiger partial charge in [0.15, 0.2) is 5.78 Å². The molecule has 1 atom stereocenters. The molecule has 0 aliphatic carbocycles. The SMILES string of the molecule is Cc1cc(Cl)cc(C2(C)C=C(c3ccc(C(=O)NCC(=O)CCC(F)(F)F)c4ccccc34)NO2)c1. The topological polar surface area (TPSA) is 67.4 Å². The van der Waals surface area contributed by atoms with Gasteiger partial charge < -0.3 is 5.32 Å². The number of carbonyl (C=O) groups is 2. The average molecular weight is 517 g/mol. The number of ketones is 1. The van der Waals surface area contributed by atoms with E-state index in [-0.39, 0.29) is 0 Å². The number of halogens is 4. The first-order valence-corrected chi connectivity index (χ1v) is 11.7. The van der Waals surface area contributed by atoms with Crippen LogP contribution in [0.1, 0.15) is 46.8 Å². The van der Waals surface area contributed by atoms with E-state index < -0.39 is 42.9 Å². The number of rotatable bonds is 7. The van der Waals surface area contributed by atoms with Gasteiger partial charge in [-0.25, -0.2) is 0 Å². The monoisotopic (exact) mass is 516 g/mol. The molecule has 3 aromatic carbocycles. The lowest BCUT2D eigenvalue weighted by atomic mass is 9.91. The van der Waals surface area contributed by atoms with Gasteiger partial charge in [0.2, 0.25) is 0 Å². The number of hydrogen-bond acceptors (Lipinski definition) is 4. The van der Waals surface area contributed by atoms with Crippen LogP contribution in [0, 0.1) is 6.92 Å². The lowest BCUT2D eigenvalue weighted by molar-refractivity contribution is -0.142. The van der Waals surface area contributed by atoms with Gasteiger partial charge in [-0.3, -0.25) is 19.9 Å². The highest BCUT2D eigenvalue weighted by molar-refractivity contribution is 6.30. The molecule has 0 aromatic heterocycles. The van der Waals surface area contributed by atoms with Crippen molar-refractivity contribution in [3.05, 3.63) is 87.9 Å². The van der Waals surface area contributed by atoms with Gasteiger partial charge in [-0.1, -0.05) is 48.0 Å². The Kier molecular flexibility index (Phi) is 7.11. The molecular formula is C27H24ClF3N2O3. The third-order valence-electron chi connectivity index (χ3n) is 6.00. The highest BCUT2D eigenvalue weighted by Gasteiger charge is 2.33. The Morgan fingerprint density at radius 3 is 2.50 bits per heavy atom. The van der Waals surface area contributed by atoms with Crippen LogP contribution >= 0.6 is 11.6 Å². The summed E-state index contributed by atoms with van der Waals surface area (Å²) < 4.78 is 37.0. The largest absolute Gasteiger partial charge is 0.389 e. The molecule has 36 heavy (non-hydrogen) atoms. The van der Waals surface area contributed by atoms with Crippen molar-refractivity contribution >= 4 is 39.8 Å².